The van der Waals surface area contributed by atoms with Gasteiger partial charge in [-0.3, -0.25) is 14.6 Å². The molecule has 0 aromatic heterocycles. The fraction of sp³-hybridized carbons (Fsp3) is 0.179. The van der Waals surface area contributed by atoms with Gasteiger partial charge in [-0.15, -0.1) is 0 Å². The van der Waals surface area contributed by atoms with Gasteiger partial charge in [0.1, 0.15) is 12.0 Å². The van der Waals surface area contributed by atoms with Gasteiger partial charge in [0.25, 0.3) is 0 Å². The minimum absolute atomic E-state index is 0.0121. The van der Waals surface area contributed by atoms with Crippen LogP contribution in [0.5, 0.6) is 0 Å². The highest BCUT2D eigenvalue weighted by atomic mass is 16.1. The minimum Gasteiger partial charge on any atom is -0.345 e. The van der Waals surface area contributed by atoms with Crippen LogP contribution in [0, 0.1) is 5.92 Å². The highest BCUT2D eigenvalue weighted by Crippen LogP contribution is 2.34. The number of anilines is 1. The number of nitrogens with zero attached hydrogens (tertiary/aromatic N) is 2. The van der Waals surface area contributed by atoms with Gasteiger partial charge in [0.2, 0.25) is 0 Å². The smallest absolute Gasteiger partial charge is 0.170 e. The lowest BCUT2D eigenvalue weighted by atomic mass is 9.90. The Labute approximate surface area is 193 Å². The number of allylic oxidation sites excluding steroid dienone is 6. The fourth-order valence-corrected chi connectivity index (χ4v) is 4.38. The van der Waals surface area contributed by atoms with Gasteiger partial charge < -0.3 is 10.2 Å². The van der Waals surface area contributed by atoms with Crippen LogP contribution in [0.4, 0.5) is 5.69 Å². The maximum absolute atomic E-state index is 13.1. The van der Waals surface area contributed by atoms with Crippen molar-refractivity contribution in [2.45, 2.75) is 25.9 Å². The lowest BCUT2D eigenvalue weighted by Crippen LogP contribution is -2.49. The van der Waals surface area contributed by atoms with Crippen molar-refractivity contribution in [2.24, 2.45) is 10.9 Å². The first-order chi connectivity index (χ1) is 16.1. The number of fused-ring (bicyclic) bond motifs is 1. The SMILES string of the molecule is CC(=O)c1cccc(C2=NC3C(C=C2)C(=O)C=C(NC2=CC=CCC2)N3c2ccccc2)c1. The molecule has 2 atom stereocenters. The Morgan fingerprint density at radius 1 is 1.12 bits per heavy atom. The van der Waals surface area contributed by atoms with Crippen LogP contribution >= 0.6 is 0 Å². The zero-order valence-corrected chi connectivity index (χ0v) is 18.4. The molecule has 3 aliphatic rings. The Balaban J connectivity index is 1.57. The van der Waals surface area contributed by atoms with E-state index in [9.17, 15) is 9.59 Å². The molecule has 1 N–H and O–H groups in total. The van der Waals surface area contributed by atoms with Crippen molar-refractivity contribution in [3.63, 3.8) is 0 Å². The molecule has 33 heavy (non-hydrogen) atoms. The molecule has 0 amide bonds. The first-order valence-corrected chi connectivity index (χ1v) is 11.2. The van der Waals surface area contributed by atoms with Crippen LogP contribution < -0.4 is 10.2 Å². The van der Waals surface area contributed by atoms with Gasteiger partial charge in [0.15, 0.2) is 11.6 Å². The van der Waals surface area contributed by atoms with Crippen molar-refractivity contribution >= 4 is 23.0 Å². The lowest BCUT2D eigenvalue weighted by Gasteiger charge is -2.41. The third-order valence-electron chi connectivity index (χ3n) is 6.09. The predicted molar refractivity (Wildman–Crippen MR) is 131 cm³/mol. The number of hydrogen-bond acceptors (Lipinski definition) is 5. The Bertz CT molecular complexity index is 1250. The van der Waals surface area contributed by atoms with E-state index in [1.165, 1.54) is 0 Å². The van der Waals surface area contributed by atoms with Crippen LogP contribution in [0.3, 0.4) is 0 Å². The second-order valence-electron chi connectivity index (χ2n) is 8.37. The summed E-state index contributed by atoms with van der Waals surface area (Å²) in [7, 11) is 0. The Morgan fingerprint density at radius 2 is 1.97 bits per heavy atom. The van der Waals surface area contributed by atoms with Crippen LogP contribution in [0.2, 0.25) is 0 Å². The number of carbonyl (C=O) groups excluding carboxylic acids is 2. The number of carbonyl (C=O) groups is 2. The van der Waals surface area contributed by atoms with Crippen LogP contribution in [0.25, 0.3) is 0 Å². The van der Waals surface area contributed by atoms with E-state index >= 15 is 0 Å². The maximum atomic E-state index is 13.1. The van der Waals surface area contributed by atoms with Crippen molar-refractivity contribution in [1.82, 2.24) is 5.32 Å². The molecule has 2 heterocycles. The Kier molecular flexibility index (Phi) is 5.61. The minimum atomic E-state index is -0.423. The van der Waals surface area contributed by atoms with Gasteiger partial charge in [-0.05, 0) is 50.1 Å². The second-order valence-corrected chi connectivity index (χ2v) is 8.37. The monoisotopic (exact) mass is 435 g/mol. The summed E-state index contributed by atoms with van der Waals surface area (Å²) in [5, 5.41) is 3.49. The summed E-state index contributed by atoms with van der Waals surface area (Å²) in [6, 6.07) is 17.5. The molecular weight excluding hydrogens is 410 g/mol. The molecule has 0 saturated carbocycles. The molecule has 2 aliphatic heterocycles. The van der Waals surface area contributed by atoms with Crippen molar-refractivity contribution < 1.29 is 9.59 Å². The lowest BCUT2D eigenvalue weighted by molar-refractivity contribution is -0.117. The summed E-state index contributed by atoms with van der Waals surface area (Å²) < 4.78 is 0. The fourth-order valence-electron chi connectivity index (χ4n) is 4.38. The summed E-state index contributed by atoms with van der Waals surface area (Å²) in [5.74, 6) is 0.386. The molecule has 164 valence electrons. The molecular formula is C28H25N3O2. The number of benzene rings is 2. The van der Waals surface area contributed by atoms with E-state index < -0.39 is 6.17 Å². The predicted octanol–water partition coefficient (Wildman–Crippen LogP) is 4.94. The third-order valence-corrected chi connectivity index (χ3v) is 6.09. The molecule has 2 aromatic rings. The van der Waals surface area contributed by atoms with E-state index in [0.29, 0.717) is 5.56 Å². The number of nitrogens with one attached hydrogen (secondary N) is 1. The number of hydrogen-bond donors (Lipinski definition) is 1. The number of para-hydroxylation sites is 1. The van der Waals surface area contributed by atoms with Gasteiger partial charge in [-0.25, -0.2) is 0 Å². The summed E-state index contributed by atoms with van der Waals surface area (Å²) >= 11 is 0. The highest BCUT2D eigenvalue weighted by Gasteiger charge is 2.39. The largest absolute Gasteiger partial charge is 0.345 e. The third kappa shape index (κ3) is 4.22. The number of Topliss-reactive ketones (excluding diaryl/α,β-unsaturated/α-hetero) is 1. The number of rotatable bonds is 5. The summed E-state index contributed by atoms with van der Waals surface area (Å²) in [4.78, 5) is 32.1. The molecule has 2 aromatic carbocycles. The zero-order valence-electron chi connectivity index (χ0n) is 18.4. The molecule has 1 aliphatic carbocycles. The second kappa shape index (κ2) is 8.87. The number of aliphatic imine (C=N–C) groups is 1. The first-order valence-electron chi connectivity index (χ1n) is 11.2. The van der Waals surface area contributed by atoms with Crippen LogP contribution in [0.15, 0.2) is 108 Å². The molecule has 2 unspecified atom stereocenters. The highest BCUT2D eigenvalue weighted by molar-refractivity contribution is 6.12. The van der Waals surface area contributed by atoms with Crippen molar-refractivity contribution in [3.05, 3.63) is 114 Å². The van der Waals surface area contributed by atoms with E-state index in [0.717, 1.165) is 41.3 Å². The van der Waals surface area contributed by atoms with Crippen LogP contribution in [-0.4, -0.2) is 23.4 Å². The van der Waals surface area contributed by atoms with Gasteiger partial charge in [0, 0.05) is 28.6 Å². The number of ketones is 2. The van der Waals surface area contributed by atoms with Gasteiger partial charge in [-0.2, -0.15) is 0 Å². The standard InChI is InChI=1S/C28H25N3O2/c1-19(32)20-9-8-10-21(17-20)25-16-15-24-26(33)18-27(29-22-11-4-2-5-12-22)31(28(24)30-25)23-13-6-3-7-14-23/h2-4,6-11,13-18,24,28-29H,5,12H2,1H3. The molecule has 0 spiro atoms. The normalized spacial score (nSPS) is 21.7. The van der Waals surface area contributed by atoms with Gasteiger partial charge in [0.05, 0.1) is 11.6 Å². The summed E-state index contributed by atoms with van der Waals surface area (Å²) in [6.07, 6.45) is 13.2. The van der Waals surface area contributed by atoms with Crippen molar-refractivity contribution in [1.29, 1.82) is 0 Å². The molecule has 0 radical (unpaired) electrons. The van der Waals surface area contributed by atoms with Gasteiger partial charge >= 0.3 is 0 Å². The van der Waals surface area contributed by atoms with Crippen molar-refractivity contribution in [2.75, 3.05) is 4.90 Å². The molecule has 0 bridgehead atoms. The number of dihydropyridines is 1. The van der Waals surface area contributed by atoms with Gasteiger partial charge in [-0.1, -0.05) is 54.6 Å². The van der Waals surface area contributed by atoms with E-state index in [2.05, 4.69) is 16.3 Å². The zero-order chi connectivity index (χ0) is 22.8. The molecule has 0 saturated heterocycles. The van der Waals surface area contributed by atoms with E-state index in [1.807, 2.05) is 72.8 Å². The quantitative estimate of drug-likeness (QED) is 0.676. The average Bonchev–Trinajstić information content (AvgIpc) is 2.85. The molecule has 5 nitrogen and oxygen atoms in total. The van der Waals surface area contributed by atoms with E-state index in [1.54, 1.807) is 19.1 Å². The molecule has 5 rings (SSSR count). The first kappa shape index (κ1) is 20.9. The van der Waals surface area contributed by atoms with E-state index in [4.69, 9.17) is 4.99 Å². The van der Waals surface area contributed by atoms with Crippen LogP contribution in [0.1, 0.15) is 35.7 Å². The topological polar surface area (TPSA) is 61.8 Å². The van der Waals surface area contributed by atoms with E-state index in [-0.39, 0.29) is 17.5 Å². The maximum Gasteiger partial charge on any atom is 0.170 e. The molecule has 5 heteroatoms. The Morgan fingerprint density at radius 3 is 2.73 bits per heavy atom. The molecule has 0 fully saturated rings. The van der Waals surface area contributed by atoms with Crippen molar-refractivity contribution in [3.8, 4) is 0 Å². The summed E-state index contributed by atoms with van der Waals surface area (Å²) in [6.45, 7) is 1.56. The summed E-state index contributed by atoms with van der Waals surface area (Å²) in [5.41, 5.74) is 4.29. The average molecular weight is 436 g/mol. The Hall–Kier alpha value is -3.99. The van der Waals surface area contributed by atoms with Crippen LogP contribution in [-0.2, 0) is 4.79 Å².